The summed E-state index contributed by atoms with van der Waals surface area (Å²) in [6.07, 6.45) is 6.55. The van der Waals surface area contributed by atoms with E-state index in [1.807, 2.05) is 24.4 Å². The second-order valence-corrected chi connectivity index (χ2v) is 8.61. The molecule has 3 heterocycles. The third-order valence-corrected chi connectivity index (χ3v) is 6.89. The fraction of sp³-hybridized carbons (Fsp3) is 0.429. The van der Waals surface area contributed by atoms with Gasteiger partial charge in [0.25, 0.3) is 0 Å². The Morgan fingerprint density at radius 3 is 3.03 bits per heavy atom. The highest BCUT2D eigenvalue weighted by Crippen LogP contribution is 2.50. The Morgan fingerprint density at radius 1 is 1.23 bits per heavy atom. The van der Waals surface area contributed by atoms with Crippen molar-refractivity contribution >= 4 is 40.6 Å². The van der Waals surface area contributed by atoms with Gasteiger partial charge in [-0.2, -0.15) is 0 Å². The molecule has 9 heteroatoms. The third-order valence-electron chi connectivity index (χ3n) is 6.89. The van der Waals surface area contributed by atoms with Gasteiger partial charge in [0, 0.05) is 22.8 Å². The SMILES string of the molecule is NC(=O)C1C2CCC(C2)C1N=C1NC(Nc2ccc3[nH]ccc3c2)=NC2N=CNC12. The van der Waals surface area contributed by atoms with Crippen LogP contribution in [0.5, 0.6) is 0 Å². The molecule has 4 aliphatic rings. The molecule has 1 aromatic heterocycles. The van der Waals surface area contributed by atoms with Crippen LogP contribution >= 0.6 is 0 Å². The van der Waals surface area contributed by atoms with Crippen molar-refractivity contribution in [1.82, 2.24) is 15.6 Å². The molecule has 2 aromatic rings. The Balaban J connectivity index is 1.29. The monoisotopic (exact) mass is 404 g/mol. The Morgan fingerprint density at radius 2 is 2.13 bits per heavy atom. The maximum Gasteiger partial charge on any atom is 0.222 e. The van der Waals surface area contributed by atoms with Gasteiger partial charge in [-0.25, -0.2) is 9.98 Å². The minimum atomic E-state index is -0.283. The summed E-state index contributed by atoms with van der Waals surface area (Å²) in [7, 11) is 0. The Hall–Kier alpha value is -3.36. The van der Waals surface area contributed by atoms with Crippen molar-refractivity contribution in [1.29, 1.82) is 0 Å². The van der Waals surface area contributed by atoms with Crippen LogP contribution in [0.3, 0.4) is 0 Å². The summed E-state index contributed by atoms with van der Waals surface area (Å²) in [6, 6.07) is 7.91. The van der Waals surface area contributed by atoms with Gasteiger partial charge in [0.15, 0.2) is 6.17 Å². The number of guanidine groups is 1. The summed E-state index contributed by atoms with van der Waals surface area (Å²) in [5.41, 5.74) is 7.76. The number of amides is 1. The van der Waals surface area contributed by atoms with Gasteiger partial charge in [0.05, 0.1) is 18.3 Å². The van der Waals surface area contributed by atoms with Crippen LogP contribution in [0.2, 0.25) is 0 Å². The molecule has 30 heavy (non-hydrogen) atoms. The first-order valence-electron chi connectivity index (χ1n) is 10.5. The minimum Gasteiger partial charge on any atom is -0.369 e. The third kappa shape index (κ3) is 2.76. The van der Waals surface area contributed by atoms with Crippen molar-refractivity contribution in [2.75, 3.05) is 5.32 Å². The molecule has 0 radical (unpaired) electrons. The molecule has 6 atom stereocenters. The topological polar surface area (TPSA) is 132 Å². The van der Waals surface area contributed by atoms with Crippen LogP contribution in [-0.2, 0) is 4.79 Å². The zero-order chi connectivity index (χ0) is 20.2. The van der Waals surface area contributed by atoms with Gasteiger partial charge in [-0.3, -0.25) is 9.79 Å². The van der Waals surface area contributed by atoms with Crippen LogP contribution in [0.25, 0.3) is 10.9 Å². The van der Waals surface area contributed by atoms with Crippen LogP contribution < -0.4 is 21.7 Å². The first-order chi connectivity index (χ1) is 14.7. The average Bonchev–Trinajstić information content (AvgIpc) is 3.50. The van der Waals surface area contributed by atoms with Crippen molar-refractivity contribution in [2.45, 2.75) is 37.5 Å². The fourth-order valence-corrected chi connectivity index (χ4v) is 5.52. The summed E-state index contributed by atoms with van der Waals surface area (Å²) in [5.74, 6) is 1.75. The van der Waals surface area contributed by atoms with E-state index in [1.54, 1.807) is 6.34 Å². The smallest absolute Gasteiger partial charge is 0.222 e. The Kier molecular flexibility index (Phi) is 3.84. The lowest BCUT2D eigenvalue weighted by Crippen LogP contribution is -2.55. The van der Waals surface area contributed by atoms with Gasteiger partial charge in [0.2, 0.25) is 11.9 Å². The lowest BCUT2D eigenvalue weighted by Gasteiger charge is -2.31. The summed E-state index contributed by atoms with van der Waals surface area (Å²) in [6.45, 7) is 0. The number of primary amides is 1. The molecule has 6 rings (SSSR count). The van der Waals surface area contributed by atoms with E-state index in [9.17, 15) is 4.79 Å². The highest BCUT2D eigenvalue weighted by Gasteiger charge is 2.51. The number of amidine groups is 1. The molecule has 0 spiro atoms. The number of aliphatic imine (C=N–C) groups is 3. The number of aromatic amines is 1. The Bertz CT molecular complexity index is 1100. The zero-order valence-corrected chi connectivity index (χ0v) is 16.4. The quantitative estimate of drug-likeness (QED) is 0.525. The van der Waals surface area contributed by atoms with Gasteiger partial charge in [-0.1, -0.05) is 0 Å². The molecule has 6 unspecified atom stereocenters. The molecule has 1 aromatic carbocycles. The number of anilines is 1. The van der Waals surface area contributed by atoms with E-state index in [2.05, 4.69) is 37.0 Å². The normalized spacial score (nSPS) is 35.2. The van der Waals surface area contributed by atoms with Gasteiger partial charge in [-0.15, -0.1) is 0 Å². The molecule has 2 saturated carbocycles. The number of rotatable bonds is 3. The Labute approximate surface area is 173 Å². The molecule has 9 nitrogen and oxygen atoms in total. The number of carbonyl (C=O) groups excluding carboxylic acids is 1. The van der Waals surface area contributed by atoms with E-state index in [1.165, 1.54) is 0 Å². The highest BCUT2D eigenvalue weighted by molar-refractivity contribution is 6.11. The van der Waals surface area contributed by atoms with E-state index in [4.69, 9.17) is 10.7 Å². The largest absolute Gasteiger partial charge is 0.369 e. The van der Waals surface area contributed by atoms with E-state index < -0.39 is 0 Å². The van der Waals surface area contributed by atoms with Crippen molar-refractivity contribution < 1.29 is 4.79 Å². The summed E-state index contributed by atoms with van der Waals surface area (Å²) in [5, 5.41) is 11.1. The summed E-state index contributed by atoms with van der Waals surface area (Å²) in [4.78, 5) is 29.5. The molecular weight excluding hydrogens is 380 g/mol. The van der Waals surface area contributed by atoms with Crippen LogP contribution in [-0.4, -0.2) is 47.3 Å². The first kappa shape index (κ1) is 17.5. The van der Waals surface area contributed by atoms with Crippen molar-refractivity contribution in [3.63, 3.8) is 0 Å². The number of benzene rings is 1. The van der Waals surface area contributed by atoms with Crippen LogP contribution in [0.4, 0.5) is 5.69 Å². The maximum atomic E-state index is 12.1. The highest BCUT2D eigenvalue weighted by atomic mass is 16.1. The number of aromatic nitrogens is 1. The first-order valence-corrected chi connectivity index (χ1v) is 10.5. The van der Waals surface area contributed by atoms with E-state index in [-0.39, 0.29) is 30.1 Å². The minimum absolute atomic E-state index is 0.0673. The second-order valence-electron chi connectivity index (χ2n) is 8.61. The molecule has 2 aliphatic carbocycles. The lowest BCUT2D eigenvalue weighted by atomic mass is 9.84. The summed E-state index contributed by atoms with van der Waals surface area (Å²) >= 11 is 0. The lowest BCUT2D eigenvalue weighted by molar-refractivity contribution is -0.123. The standard InChI is InChI=1S/C21H24N8O/c22-18(30)15-11-1-2-12(7-11)16(15)27-20-17-19(25-9-24-17)28-21(29-20)26-13-3-4-14-10(8-13)5-6-23-14/h3-6,8-9,11-12,15-17,19,23H,1-2,7H2,(H2,22,30)(H,24,25)(H2,26,27,28,29). The van der Waals surface area contributed by atoms with Gasteiger partial charge < -0.3 is 26.7 Å². The molecule has 2 aliphatic heterocycles. The van der Waals surface area contributed by atoms with Gasteiger partial charge in [-0.05, 0) is 55.4 Å². The molecular formula is C21H24N8O. The van der Waals surface area contributed by atoms with Crippen molar-refractivity contribution in [3.05, 3.63) is 30.5 Å². The van der Waals surface area contributed by atoms with Crippen LogP contribution in [0, 0.1) is 17.8 Å². The number of nitrogens with one attached hydrogen (secondary N) is 4. The van der Waals surface area contributed by atoms with E-state index >= 15 is 0 Å². The predicted octanol–water partition coefficient (Wildman–Crippen LogP) is 1.16. The van der Waals surface area contributed by atoms with E-state index in [0.29, 0.717) is 17.8 Å². The predicted molar refractivity (Wildman–Crippen MR) is 116 cm³/mol. The van der Waals surface area contributed by atoms with Crippen molar-refractivity contribution in [2.24, 2.45) is 38.5 Å². The number of nitrogens with zero attached hydrogens (tertiary/aromatic N) is 3. The average molecular weight is 404 g/mol. The molecule has 1 amide bonds. The van der Waals surface area contributed by atoms with Gasteiger partial charge >= 0.3 is 0 Å². The number of carbonyl (C=O) groups is 1. The summed E-state index contributed by atoms with van der Waals surface area (Å²) < 4.78 is 0. The van der Waals surface area contributed by atoms with Crippen molar-refractivity contribution in [3.8, 4) is 0 Å². The fourth-order valence-electron chi connectivity index (χ4n) is 5.52. The van der Waals surface area contributed by atoms with Crippen LogP contribution in [0.1, 0.15) is 19.3 Å². The van der Waals surface area contributed by atoms with E-state index in [0.717, 1.165) is 41.7 Å². The number of hydrogen-bond donors (Lipinski definition) is 5. The van der Waals surface area contributed by atoms with Crippen LogP contribution in [0.15, 0.2) is 45.4 Å². The molecule has 0 saturated heterocycles. The zero-order valence-electron chi connectivity index (χ0n) is 16.4. The molecule has 154 valence electrons. The number of fused-ring (bicyclic) bond motifs is 4. The molecule has 2 bridgehead atoms. The molecule has 2 fully saturated rings. The number of H-pyrrole nitrogens is 1. The number of nitrogens with two attached hydrogens (primary N) is 1. The van der Waals surface area contributed by atoms with Gasteiger partial charge in [0.1, 0.15) is 11.9 Å². The number of hydrogen-bond acceptors (Lipinski definition) is 6. The maximum absolute atomic E-state index is 12.1. The molecule has 6 N–H and O–H groups in total. The second kappa shape index (κ2) is 6.58.